The highest BCUT2D eigenvalue weighted by Crippen LogP contribution is 2.34. The highest BCUT2D eigenvalue weighted by Gasteiger charge is 2.33. The molecule has 0 heterocycles. The molecule has 0 saturated carbocycles. The van der Waals surface area contributed by atoms with Gasteiger partial charge in [-0.3, -0.25) is 15.5 Å². The van der Waals surface area contributed by atoms with Crippen LogP contribution >= 0.6 is 0 Å². The fraction of sp³-hybridized carbons (Fsp3) is 0.0714. The average molecular weight is 325 g/mol. The lowest BCUT2D eigenvalue weighted by molar-refractivity contribution is -0.384. The lowest BCUT2D eigenvalue weighted by Gasteiger charge is -2.08. The van der Waals surface area contributed by atoms with Crippen molar-refractivity contribution in [1.29, 1.82) is 0 Å². The molecule has 0 spiro atoms. The Bertz CT molecular complexity index is 760. The summed E-state index contributed by atoms with van der Waals surface area (Å²) < 4.78 is 37.7. The van der Waals surface area contributed by atoms with Gasteiger partial charge in [0.1, 0.15) is 11.4 Å². The lowest BCUT2D eigenvalue weighted by Crippen LogP contribution is -2.06. The van der Waals surface area contributed by atoms with Gasteiger partial charge in [0.05, 0.1) is 16.7 Å². The number of phenols is 1. The second-order valence-electron chi connectivity index (χ2n) is 4.45. The monoisotopic (exact) mass is 325 g/mol. The molecule has 0 unspecified atom stereocenters. The summed E-state index contributed by atoms with van der Waals surface area (Å²) >= 11 is 0. The number of nitrogens with one attached hydrogen (secondary N) is 1. The molecule has 0 aromatic heterocycles. The molecule has 120 valence electrons. The van der Waals surface area contributed by atoms with Gasteiger partial charge in [-0.1, -0.05) is 12.1 Å². The predicted octanol–water partition coefficient (Wildman–Crippen LogP) is 3.77. The van der Waals surface area contributed by atoms with Crippen molar-refractivity contribution in [2.75, 3.05) is 5.43 Å². The van der Waals surface area contributed by atoms with Gasteiger partial charge in [-0.25, -0.2) is 0 Å². The summed E-state index contributed by atoms with van der Waals surface area (Å²) in [6.45, 7) is 0. The van der Waals surface area contributed by atoms with Crippen molar-refractivity contribution < 1.29 is 23.2 Å². The number of halogens is 3. The molecule has 0 saturated heterocycles. The van der Waals surface area contributed by atoms with E-state index < -0.39 is 22.4 Å². The van der Waals surface area contributed by atoms with Gasteiger partial charge in [-0.15, -0.1) is 0 Å². The molecular formula is C14H10F3N3O3. The molecule has 0 aliphatic rings. The summed E-state index contributed by atoms with van der Waals surface area (Å²) in [7, 11) is 0. The van der Waals surface area contributed by atoms with Gasteiger partial charge < -0.3 is 5.11 Å². The molecule has 9 heteroatoms. The van der Waals surface area contributed by atoms with Crippen LogP contribution in [0.3, 0.4) is 0 Å². The number of rotatable bonds is 4. The minimum Gasteiger partial charge on any atom is -0.508 e. The summed E-state index contributed by atoms with van der Waals surface area (Å²) in [5.74, 6) is 0.00876. The Morgan fingerprint density at radius 1 is 1.22 bits per heavy atom. The molecule has 2 aromatic rings. The standard InChI is InChI=1S/C14H10F3N3O3/c15-14(16,17)10-4-5-12(13(7-10)20(22)23)19-18-8-9-2-1-3-11(21)6-9/h1-8,19,21H/b18-8-. The van der Waals surface area contributed by atoms with Gasteiger partial charge in [0.15, 0.2) is 0 Å². The summed E-state index contributed by atoms with van der Waals surface area (Å²) in [4.78, 5) is 9.96. The van der Waals surface area contributed by atoms with Crippen LogP contribution in [0.4, 0.5) is 24.5 Å². The van der Waals surface area contributed by atoms with Crippen molar-refractivity contribution in [3.05, 3.63) is 63.7 Å². The highest BCUT2D eigenvalue weighted by molar-refractivity contribution is 5.81. The van der Waals surface area contributed by atoms with Crippen LogP contribution in [0.5, 0.6) is 5.75 Å². The first-order valence-corrected chi connectivity index (χ1v) is 6.21. The second kappa shape index (κ2) is 6.34. The lowest BCUT2D eigenvalue weighted by atomic mass is 10.1. The number of hydrogen-bond donors (Lipinski definition) is 2. The summed E-state index contributed by atoms with van der Waals surface area (Å²) in [6.07, 6.45) is -3.41. The Balaban J connectivity index is 2.24. The Kier molecular flexibility index (Phi) is 4.49. The van der Waals surface area contributed by atoms with E-state index in [1.807, 2.05) is 0 Å². The van der Waals surface area contributed by atoms with E-state index in [1.165, 1.54) is 18.3 Å². The van der Waals surface area contributed by atoms with Crippen LogP contribution < -0.4 is 5.43 Å². The van der Waals surface area contributed by atoms with E-state index in [4.69, 9.17) is 0 Å². The van der Waals surface area contributed by atoms with Crippen LogP contribution in [0.2, 0.25) is 0 Å². The van der Waals surface area contributed by atoms with Crippen molar-refractivity contribution >= 4 is 17.6 Å². The molecule has 0 fully saturated rings. The normalized spacial score (nSPS) is 11.6. The zero-order valence-electron chi connectivity index (χ0n) is 11.4. The first-order chi connectivity index (χ1) is 10.8. The molecule has 0 bridgehead atoms. The molecule has 2 aromatic carbocycles. The van der Waals surface area contributed by atoms with Crippen molar-refractivity contribution in [3.8, 4) is 5.75 Å². The summed E-state index contributed by atoms with van der Waals surface area (Å²) in [5.41, 5.74) is 0.784. The number of aromatic hydroxyl groups is 1. The highest BCUT2D eigenvalue weighted by atomic mass is 19.4. The number of alkyl halides is 3. The maximum absolute atomic E-state index is 12.6. The number of phenolic OH excluding ortho intramolecular Hbond substituents is 1. The van der Waals surface area contributed by atoms with E-state index in [1.54, 1.807) is 12.1 Å². The van der Waals surface area contributed by atoms with Crippen LogP contribution in [0, 0.1) is 10.1 Å². The maximum Gasteiger partial charge on any atom is 0.416 e. The van der Waals surface area contributed by atoms with E-state index in [2.05, 4.69) is 10.5 Å². The smallest absolute Gasteiger partial charge is 0.416 e. The first-order valence-electron chi connectivity index (χ1n) is 6.21. The van der Waals surface area contributed by atoms with Gasteiger partial charge >= 0.3 is 6.18 Å². The van der Waals surface area contributed by atoms with Gasteiger partial charge in [0, 0.05) is 6.07 Å². The first kappa shape index (κ1) is 16.3. The van der Waals surface area contributed by atoms with Gasteiger partial charge in [-0.2, -0.15) is 18.3 Å². The maximum atomic E-state index is 12.6. The van der Waals surface area contributed by atoms with Crippen LogP contribution in [-0.2, 0) is 6.18 Å². The summed E-state index contributed by atoms with van der Waals surface area (Å²) in [5, 5.41) is 23.9. The minimum atomic E-state index is -4.67. The van der Waals surface area contributed by atoms with Crippen LogP contribution in [-0.4, -0.2) is 16.2 Å². The zero-order chi connectivity index (χ0) is 17.0. The van der Waals surface area contributed by atoms with Gasteiger partial charge in [-0.05, 0) is 29.8 Å². The number of benzene rings is 2. The van der Waals surface area contributed by atoms with Crippen LogP contribution in [0.1, 0.15) is 11.1 Å². The van der Waals surface area contributed by atoms with E-state index in [9.17, 15) is 28.4 Å². The fourth-order valence-corrected chi connectivity index (χ4v) is 1.74. The molecule has 0 aliphatic carbocycles. The number of nitro benzene ring substituents is 1. The minimum absolute atomic E-state index is 0.00876. The van der Waals surface area contributed by atoms with Crippen molar-refractivity contribution in [2.24, 2.45) is 5.10 Å². The Labute approximate surface area is 128 Å². The fourth-order valence-electron chi connectivity index (χ4n) is 1.74. The van der Waals surface area contributed by atoms with Crippen molar-refractivity contribution in [2.45, 2.75) is 6.18 Å². The molecule has 0 aliphatic heterocycles. The molecule has 23 heavy (non-hydrogen) atoms. The Morgan fingerprint density at radius 2 is 1.96 bits per heavy atom. The Hall–Kier alpha value is -3.10. The van der Waals surface area contributed by atoms with E-state index in [0.717, 1.165) is 12.1 Å². The molecular weight excluding hydrogens is 315 g/mol. The Morgan fingerprint density at radius 3 is 2.57 bits per heavy atom. The van der Waals surface area contributed by atoms with Gasteiger partial charge in [0.25, 0.3) is 5.69 Å². The third-order valence-corrected chi connectivity index (χ3v) is 2.79. The topological polar surface area (TPSA) is 87.8 Å². The van der Waals surface area contributed by atoms with Crippen molar-refractivity contribution in [3.63, 3.8) is 0 Å². The van der Waals surface area contributed by atoms with E-state index in [-0.39, 0.29) is 11.4 Å². The van der Waals surface area contributed by atoms with E-state index in [0.29, 0.717) is 11.6 Å². The molecule has 0 atom stereocenters. The van der Waals surface area contributed by atoms with Crippen LogP contribution in [0.15, 0.2) is 47.6 Å². The summed E-state index contributed by atoms with van der Waals surface area (Å²) in [6, 6.07) is 8.12. The SMILES string of the molecule is O=[N+]([O-])c1cc(C(F)(F)F)ccc1N/N=C\c1cccc(O)c1. The number of nitrogens with zero attached hydrogens (tertiary/aromatic N) is 2. The molecule has 0 amide bonds. The molecule has 0 radical (unpaired) electrons. The second-order valence-corrected chi connectivity index (χ2v) is 4.45. The predicted molar refractivity (Wildman–Crippen MR) is 77.4 cm³/mol. The quantitative estimate of drug-likeness (QED) is 0.509. The molecule has 6 nitrogen and oxygen atoms in total. The molecule has 2 rings (SSSR count). The number of hydrazone groups is 1. The largest absolute Gasteiger partial charge is 0.508 e. The number of hydrogen-bond acceptors (Lipinski definition) is 5. The third-order valence-electron chi connectivity index (χ3n) is 2.79. The zero-order valence-corrected chi connectivity index (χ0v) is 11.4. The third kappa shape index (κ3) is 4.19. The van der Waals surface area contributed by atoms with Crippen LogP contribution in [0.25, 0.3) is 0 Å². The van der Waals surface area contributed by atoms with E-state index >= 15 is 0 Å². The van der Waals surface area contributed by atoms with Gasteiger partial charge in [0.2, 0.25) is 0 Å². The molecule has 2 N–H and O–H groups in total. The van der Waals surface area contributed by atoms with Crippen molar-refractivity contribution in [1.82, 2.24) is 0 Å². The average Bonchev–Trinajstić information content (AvgIpc) is 2.46. The number of nitro groups is 1. The number of anilines is 1.